The number of rotatable bonds is 2. The molecule has 0 unspecified atom stereocenters. The SMILES string of the molecule is CCc1c[nH]c(CN)c1F. The van der Waals surface area contributed by atoms with Crippen molar-refractivity contribution in [1.29, 1.82) is 0 Å². The molecular weight excluding hydrogens is 131 g/mol. The first-order valence-electron chi connectivity index (χ1n) is 3.34. The molecule has 0 saturated carbocycles. The number of aryl methyl sites for hydroxylation is 1. The molecule has 3 N–H and O–H groups in total. The van der Waals surface area contributed by atoms with Crippen molar-refractivity contribution in [3.05, 3.63) is 23.3 Å². The highest BCUT2D eigenvalue weighted by Gasteiger charge is 2.06. The number of nitrogens with one attached hydrogen (secondary N) is 1. The van der Waals surface area contributed by atoms with Crippen LogP contribution in [0.2, 0.25) is 0 Å². The predicted molar refractivity (Wildman–Crippen MR) is 38.0 cm³/mol. The van der Waals surface area contributed by atoms with Gasteiger partial charge in [-0.3, -0.25) is 0 Å². The van der Waals surface area contributed by atoms with E-state index in [9.17, 15) is 4.39 Å². The first kappa shape index (κ1) is 7.28. The molecule has 0 aliphatic rings. The molecule has 1 aromatic heterocycles. The molecule has 1 heterocycles. The van der Waals surface area contributed by atoms with Gasteiger partial charge in [-0.05, 0) is 6.42 Å². The van der Waals surface area contributed by atoms with Gasteiger partial charge in [0.1, 0.15) is 5.82 Å². The van der Waals surface area contributed by atoms with Crippen molar-refractivity contribution in [3.8, 4) is 0 Å². The predicted octanol–water partition coefficient (Wildman–Crippen LogP) is 1.17. The van der Waals surface area contributed by atoms with E-state index in [0.29, 0.717) is 17.7 Å². The molecule has 0 atom stereocenters. The van der Waals surface area contributed by atoms with Crippen LogP contribution in [0.3, 0.4) is 0 Å². The smallest absolute Gasteiger partial charge is 0.148 e. The minimum Gasteiger partial charge on any atom is -0.361 e. The molecule has 0 spiro atoms. The highest BCUT2D eigenvalue weighted by Crippen LogP contribution is 2.10. The first-order chi connectivity index (χ1) is 4.79. The van der Waals surface area contributed by atoms with Crippen molar-refractivity contribution in [3.63, 3.8) is 0 Å². The molecule has 3 heteroatoms. The van der Waals surface area contributed by atoms with Crippen LogP contribution in [-0.2, 0) is 13.0 Å². The van der Waals surface area contributed by atoms with Gasteiger partial charge in [0, 0.05) is 18.3 Å². The molecule has 0 saturated heterocycles. The molecular formula is C7H11FN2. The van der Waals surface area contributed by atoms with Gasteiger partial charge < -0.3 is 10.7 Å². The van der Waals surface area contributed by atoms with Crippen LogP contribution in [0.15, 0.2) is 6.20 Å². The fourth-order valence-corrected chi connectivity index (χ4v) is 0.901. The summed E-state index contributed by atoms with van der Waals surface area (Å²) in [5.41, 5.74) is 6.45. The molecule has 0 aliphatic heterocycles. The van der Waals surface area contributed by atoms with Crippen molar-refractivity contribution >= 4 is 0 Å². The van der Waals surface area contributed by atoms with Gasteiger partial charge in [-0.1, -0.05) is 6.92 Å². The second-order valence-corrected chi connectivity index (χ2v) is 2.16. The van der Waals surface area contributed by atoms with Gasteiger partial charge in [-0.2, -0.15) is 0 Å². The van der Waals surface area contributed by atoms with Crippen molar-refractivity contribution in [2.24, 2.45) is 5.73 Å². The average Bonchev–Trinajstić information content (AvgIpc) is 2.30. The summed E-state index contributed by atoms with van der Waals surface area (Å²) in [6.45, 7) is 2.15. The van der Waals surface area contributed by atoms with Crippen molar-refractivity contribution in [2.75, 3.05) is 0 Å². The third kappa shape index (κ3) is 1.04. The molecule has 0 aromatic carbocycles. The quantitative estimate of drug-likeness (QED) is 0.639. The molecule has 1 aromatic rings. The molecule has 1 rings (SSSR count). The van der Waals surface area contributed by atoms with Gasteiger partial charge in [0.25, 0.3) is 0 Å². The molecule has 10 heavy (non-hydrogen) atoms. The maximum Gasteiger partial charge on any atom is 0.148 e. The maximum absolute atomic E-state index is 12.9. The summed E-state index contributed by atoms with van der Waals surface area (Å²) in [6, 6.07) is 0. The van der Waals surface area contributed by atoms with Gasteiger partial charge >= 0.3 is 0 Å². The Hall–Kier alpha value is -0.830. The summed E-state index contributed by atoms with van der Waals surface area (Å²) in [5.74, 6) is -0.176. The Bertz CT molecular complexity index is 196. The lowest BCUT2D eigenvalue weighted by Crippen LogP contribution is -1.98. The molecule has 56 valence electrons. The van der Waals surface area contributed by atoms with Crippen molar-refractivity contribution in [1.82, 2.24) is 4.98 Å². The van der Waals surface area contributed by atoms with Crippen molar-refractivity contribution in [2.45, 2.75) is 19.9 Å². The number of nitrogens with two attached hydrogens (primary N) is 1. The number of hydrogen-bond donors (Lipinski definition) is 2. The largest absolute Gasteiger partial charge is 0.361 e. The van der Waals surface area contributed by atoms with Crippen LogP contribution < -0.4 is 5.73 Å². The number of H-pyrrole nitrogens is 1. The normalized spacial score (nSPS) is 10.3. The lowest BCUT2D eigenvalue weighted by Gasteiger charge is -1.90. The van der Waals surface area contributed by atoms with Gasteiger partial charge in [0.05, 0.1) is 5.69 Å². The third-order valence-electron chi connectivity index (χ3n) is 1.55. The van der Waals surface area contributed by atoms with Crippen molar-refractivity contribution < 1.29 is 4.39 Å². The zero-order valence-electron chi connectivity index (χ0n) is 5.95. The van der Waals surface area contributed by atoms with E-state index in [2.05, 4.69) is 4.98 Å². The van der Waals surface area contributed by atoms with E-state index in [4.69, 9.17) is 5.73 Å². The molecule has 0 radical (unpaired) electrons. The standard InChI is InChI=1S/C7H11FN2/c1-2-5-4-10-6(3-9)7(5)8/h4,10H,2-3,9H2,1H3. The summed E-state index contributed by atoms with van der Waals surface area (Å²) < 4.78 is 12.9. The number of hydrogen-bond acceptors (Lipinski definition) is 1. The average molecular weight is 142 g/mol. The number of halogens is 1. The molecule has 0 bridgehead atoms. The Balaban J connectivity index is 2.97. The zero-order valence-corrected chi connectivity index (χ0v) is 5.95. The second-order valence-electron chi connectivity index (χ2n) is 2.16. The summed E-state index contributed by atoms with van der Waals surface area (Å²) in [6.07, 6.45) is 2.37. The monoisotopic (exact) mass is 142 g/mol. The van der Waals surface area contributed by atoms with Crippen LogP contribution in [0.25, 0.3) is 0 Å². The first-order valence-corrected chi connectivity index (χ1v) is 3.34. The fraction of sp³-hybridized carbons (Fsp3) is 0.429. The minimum absolute atomic E-state index is 0.176. The van der Waals surface area contributed by atoms with Gasteiger partial charge in [0.2, 0.25) is 0 Å². The Labute approximate surface area is 59.2 Å². The van der Waals surface area contributed by atoms with E-state index in [1.807, 2.05) is 6.92 Å². The van der Waals surface area contributed by atoms with Crippen LogP contribution in [0.5, 0.6) is 0 Å². The highest BCUT2D eigenvalue weighted by molar-refractivity contribution is 5.19. The Morgan fingerprint density at radius 2 is 2.40 bits per heavy atom. The van der Waals surface area contributed by atoms with Crippen LogP contribution in [0.1, 0.15) is 18.2 Å². The second kappa shape index (κ2) is 2.84. The van der Waals surface area contributed by atoms with Crippen LogP contribution in [-0.4, -0.2) is 4.98 Å². The zero-order chi connectivity index (χ0) is 7.56. The van der Waals surface area contributed by atoms with E-state index in [-0.39, 0.29) is 12.4 Å². The minimum atomic E-state index is -0.176. The summed E-state index contributed by atoms with van der Waals surface area (Å²) in [4.78, 5) is 2.77. The maximum atomic E-state index is 12.9. The van der Waals surface area contributed by atoms with Crippen LogP contribution in [0, 0.1) is 5.82 Å². The topological polar surface area (TPSA) is 41.8 Å². The van der Waals surface area contributed by atoms with E-state index >= 15 is 0 Å². The van der Waals surface area contributed by atoms with E-state index in [1.54, 1.807) is 6.20 Å². The molecule has 2 nitrogen and oxygen atoms in total. The summed E-state index contributed by atoms with van der Waals surface area (Å²) >= 11 is 0. The third-order valence-corrected chi connectivity index (χ3v) is 1.55. The summed E-state index contributed by atoms with van der Waals surface area (Å²) in [5, 5.41) is 0. The number of aromatic amines is 1. The molecule has 0 fully saturated rings. The molecule has 0 aliphatic carbocycles. The lowest BCUT2D eigenvalue weighted by atomic mass is 10.2. The highest BCUT2D eigenvalue weighted by atomic mass is 19.1. The van der Waals surface area contributed by atoms with Gasteiger partial charge in [-0.25, -0.2) is 4.39 Å². The van der Waals surface area contributed by atoms with Gasteiger partial charge in [-0.15, -0.1) is 0 Å². The summed E-state index contributed by atoms with van der Waals surface area (Å²) in [7, 11) is 0. The van der Waals surface area contributed by atoms with Gasteiger partial charge in [0.15, 0.2) is 0 Å². The Morgan fingerprint density at radius 3 is 2.70 bits per heavy atom. The van der Waals surface area contributed by atoms with E-state index < -0.39 is 0 Å². The van der Waals surface area contributed by atoms with Crippen LogP contribution >= 0.6 is 0 Å². The van der Waals surface area contributed by atoms with E-state index in [1.165, 1.54) is 0 Å². The fourth-order valence-electron chi connectivity index (χ4n) is 0.901. The Kier molecular flexibility index (Phi) is 2.06. The lowest BCUT2D eigenvalue weighted by molar-refractivity contribution is 0.598. The number of aromatic nitrogens is 1. The van der Waals surface area contributed by atoms with E-state index in [0.717, 1.165) is 0 Å². The van der Waals surface area contributed by atoms with Crippen LogP contribution in [0.4, 0.5) is 4.39 Å². The Morgan fingerprint density at radius 1 is 1.70 bits per heavy atom. The molecule has 0 amide bonds.